The molecule has 142 valence electrons. The first-order valence-corrected chi connectivity index (χ1v) is 9.54. The lowest BCUT2D eigenvalue weighted by atomic mass is 10.1. The van der Waals surface area contributed by atoms with E-state index in [2.05, 4.69) is 41.2 Å². The Morgan fingerprint density at radius 1 is 1.15 bits per heavy atom. The van der Waals surface area contributed by atoms with Gasteiger partial charge in [0.25, 0.3) is 0 Å². The van der Waals surface area contributed by atoms with Crippen LogP contribution in [0.25, 0.3) is 10.9 Å². The molecule has 0 aliphatic carbocycles. The van der Waals surface area contributed by atoms with E-state index in [0.717, 1.165) is 60.7 Å². The predicted molar refractivity (Wildman–Crippen MR) is 105 cm³/mol. The fourth-order valence-corrected chi connectivity index (χ4v) is 3.74. The molecule has 0 N–H and O–H groups in total. The Bertz CT molecular complexity index is 899. The molecule has 1 fully saturated rings. The third kappa shape index (κ3) is 3.99. The molecule has 4 rings (SSSR count). The van der Waals surface area contributed by atoms with Gasteiger partial charge in [-0.05, 0) is 56.1 Å². The maximum Gasteiger partial charge on any atom is 0.145 e. The van der Waals surface area contributed by atoms with Crippen LogP contribution in [0.3, 0.4) is 0 Å². The van der Waals surface area contributed by atoms with Gasteiger partial charge in [0.1, 0.15) is 28.9 Å². The van der Waals surface area contributed by atoms with Crippen molar-refractivity contribution in [3.63, 3.8) is 0 Å². The molecule has 1 aliphatic heterocycles. The summed E-state index contributed by atoms with van der Waals surface area (Å²) in [7, 11) is 3.78. The highest BCUT2D eigenvalue weighted by Gasteiger charge is 2.20. The third-order valence-electron chi connectivity index (χ3n) is 5.09. The van der Waals surface area contributed by atoms with Gasteiger partial charge in [0.05, 0.1) is 13.7 Å². The Balaban J connectivity index is 1.46. The van der Waals surface area contributed by atoms with Crippen LogP contribution >= 0.6 is 0 Å². The number of aromatic nitrogens is 1. The fraction of sp³-hybridized carbons (Fsp3) is 0.409. The molecule has 0 saturated carbocycles. The van der Waals surface area contributed by atoms with Gasteiger partial charge in [-0.15, -0.1) is 0 Å². The van der Waals surface area contributed by atoms with Gasteiger partial charge in [-0.1, -0.05) is 12.1 Å². The number of furan rings is 1. The van der Waals surface area contributed by atoms with Crippen LogP contribution in [0, 0.1) is 0 Å². The minimum Gasteiger partial charge on any atom is -0.494 e. The number of benzene rings is 1. The van der Waals surface area contributed by atoms with Crippen LogP contribution in [0.5, 0.6) is 5.75 Å². The van der Waals surface area contributed by atoms with Crippen molar-refractivity contribution in [2.75, 3.05) is 20.8 Å². The molecule has 0 bridgehead atoms. The Hall–Kier alpha value is -2.37. The average Bonchev–Trinajstić information content (AvgIpc) is 3.17. The number of hydrogen-bond donors (Lipinski definition) is 0. The molecule has 5 nitrogen and oxygen atoms in total. The van der Waals surface area contributed by atoms with Crippen LogP contribution in [0.1, 0.15) is 42.5 Å². The molecule has 27 heavy (non-hydrogen) atoms. The summed E-state index contributed by atoms with van der Waals surface area (Å²) < 4.78 is 17.3. The van der Waals surface area contributed by atoms with Crippen molar-refractivity contribution in [3.05, 3.63) is 59.7 Å². The van der Waals surface area contributed by atoms with Crippen LogP contribution in [0.15, 0.2) is 47.0 Å². The Morgan fingerprint density at radius 2 is 2.07 bits per heavy atom. The van der Waals surface area contributed by atoms with Gasteiger partial charge >= 0.3 is 0 Å². The van der Waals surface area contributed by atoms with Crippen molar-refractivity contribution < 1.29 is 13.9 Å². The standard InChI is InChI=1S/C22H26N2O3/c1-24(15-17-9-11-20(27-17)19-7-3-4-13-26-19)14-16-8-10-21(25-2)22-18(16)6-5-12-23-22/h5-6,8-12,19H,3-4,7,13-15H2,1-2H3/t19-/m1/s1. The lowest BCUT2D eigenvalue weighted by Gasteiger charge is -2.20. The fourth-order valence-electron chi connectivity index (χ4n) is 3.74. The van der Waals surface area contributed by atoms with Gasteiger partial charge in [-0.2, -0.15) is 0 Å². The van der Waals surface area contributed by atoms with E-state index in [1.54, 1.807) is 13.3 Å². The van der Waals surface area contributed by atoms with Gasteiger partial charge in [-0.25, -0.2) is 0 Å². The summed E-state index contributed by atoms with van der Waals surface area (Å²) in [4.78, 5) is 6.73. The quantitative estimate of drug-likeness (QED) is 0.632. The number of pyridine rings is 1. The van der Waals surface area contributed by atoms with Gasteiger partial charge in [0.15, 0.2) is 0 Å². The summed E-state index contributed by atoms with van der Waals surface area (Å²) in [5.74, 6) is 2.73. The number of methoxy groups -OCH3 is 1. The molecule has 0 radical (unpaired) electrons. The number of hydrogen-bond acceptors (Lipinski definition) is 5. The van der Waals surface area contributed by atoms with Crippen LogP contribution in [-0.2, 0) is 17.8 Å². The predicted octanol–water partition coefficient (Wildman–Crippen LogP) is 4.71. The highest BCUT2D eigenvalue weighted by Crippen LogP contribution is 2.30. The molecule has 2 aromatic heterocycles. The minimum atomic E-state index is 0.120. The molecule has 0 unspecified atom stereocenters. The van der Waals surface area contributed by atoms with Crippen molar-refractivity contribution in [2.24, 2.45) is 0 Å². The van der Waals surface area contributed by atoms with E-state index in [4.69, 9.17) is 13.9 Å². The minimum absolute atomic E-state index is 0.120. The van der Waals surface area contributed by atoms with Gasteiger partial charge in [0, 0.05) is 24.7 Å². The molecule has 1 aliphatic rings. The van der Waals surface area contributed by atoms with Gasteiger partial charge in [0.2, 0.25) is 0 Å². The summed E-state index contributed by atoms with van der Waals surface area (Å²) in [5.41, 5.74) is 2.13. The first kappa shape index (κ1) is 18.0. The summed E-state index contributed by atoms with van der Waals surface area (Å²) in [6.07, 6.45) is 5.33. The second-order valence-electron chi connectivity index (χ2n) is 7.16. The number of fused-ring (bicyclic) bond motifs is 1. The van der Waals surface area contributed by atoms with Crippen molar-refractivity contribution >= 4 is 10.9 Å². The molecule has 3 heterocycles. The smallest absolute Gasteiger partial charge is 0.145 e. The molecule has 0 spiro atoms. The van der Waals surface area contributed by atoms with Crippen molar-refractivity contribution in [1.29, 1.82) is 0 Å². The monoisotopic (exact) mass is 366 g/mol. The number of ether oxygens (including phenoxy) is 2. The lowest BCUT2D eigenvalue weighted by Crippen LogP contribution is -2.17. The van der Waals surface area contributed by atoms with E-state index in [9.17, 15) is 0 Å². The first-order valence-electron chi connectivity index (χ1n) is 9.54. The van der Waals surface area contributed by atoms with E-state index in [1.165, 1.54) is 12.0 Å². The topological polar surface area (TPSA) is 47.7 Å². The Kier molecular flexibility index (Phi) is 5.41. The zero-order valence-electron chi connectivity index (χ0n) is 16.0. The molecule has 1 atom stereocenters. The van der Waals surface area contributed by atoms with Crippen LogP contribution in [-0.4, -0.2) is 30.6 Å². The number of nitrogens with zero attached hydrogens (tertiary/aromatic N) is 2. The van der Waals surface area contributed by atoms with E-state index >= 15 is 0 Å². The molecule has 3 aromatic rings. The summed E-state index contributed by atoms with van der Waals surface area (Å²) in [6, 6.07) is 12.3. The van der Waals surface area contributed by atoms with Crippen molar-refractivity contribution in [2.45, 2.75) is 38.5 Å². The summed E-state index contributed by atoms with van der Waals surface area (Å²) >= 11 is 0. The second kappa shape index (κ2) is 8.11. The maximum atomic E-state index is 6.06. The Labute approximate surface area is 159 Å². The maximum absolute atomic E-state index is 6.06. The second-order valence-corrected chi connectivity index (χ2v) is 7.16. The Morgan fingerprint density at radius 3 is 2.89 bits per heavy atom. The van der Waals surface area contributed by atoms with E-state index in [1.807, 2.05) is 12.1 Å². The molecular weight excluding hydrogens is 340 g/mol. The molecular formula is C22H26N2O3. The highest BCUT2D eigenvalue weighted by atomic mass is 16.5. The van der Waals surface area contributed by atoms with Crippen LogP contribution in [0.4, 0.5) is 0 Å². The average molecular weight is 366 g/mol. The largest absolute Gasteiger partial charge is 0.494 e. The number of rotatable bonds is 6. The molecule has 5 heteroatoms. The highest BCUT2D eigenvalue weighted by molar-refractivity contribution is 5.87. The van der Waals surface area contributed by atoms with Crippen LogP contribution < -0.4 is 4.74 Å². The SMILES string of the molecule is COc1ccc(CN(C)Cc2ccc([C@H]3CCCCO3)o2)c2cccnc12. The zero-order chi connectivity index (χ0) is 18.6. The molecule has 1 aromatic carbocycles. The summed E-state index contributed by atoms with van der Waals surface area (Å²) in [5, 5.41) is 1.12. The van der Waals surface area contributed by atoms with E-state index in [0.29, 0.717) is 0 Å². The van der Waals surface area contributed by atoms with E-state index in [-0.39, 0.29) is 6.10 Å². The van der Waals surface area contributed by atoms with Crippen LogP contribution in [0.2, 0.25) is 0 Å². The first-order chi connectivity index (χ1) is 13.2. The van der Waals surface area contributed by atoms with Crippen molar-refractivity contribution in [3.8, 4) is 5.75 Å². The molecule has 0 amide bonds. The van der Waals surface area contributed by atoms with Gasteiger partial charge in [-0.3, -0.25) is 9.88 Å². The lowest BCUT2D eigenvalue weighted by molar-refractivity contribution is 0.000908. The van der Waals surface area contributed by atoms with Crippen molar-refractivity contribution in [1.82, 2.24) is 9.88 Å². The molecule has 1 saturated heterocycles. The van der Waals surface area contributed by atoms with E-state index < -0.39 is 0 Å². The third-order valence-corrected chi connectivity index (χ3v) is 5.09. The summed E-state index contributed by atoms with van der Waals surface area (Å²) in [6.45, 7) is 2.39. The normalized spacial score (nSPS) is 17.5. The zero-order valence-corrected chi connectivity index (χ0v) is 16.0. The van der Waals surface area contributed by atoms with Gasteiger partial charge < -0.3 is 13.9 Å².